The second kappa shape index (κ2) is 7.19. The summed E-state index contributed by atoms with van der Waals surface area (Å²) in [7, 11) is 0. The molecule has 0 aliphatic heterocycles. The zero-order chi connectivity index (χ0) is 16.8. The maximum atomic E-state index is 11.0. The minimum absolute atomic E-state index is 0.0318. The molecule has 118 valence electrons. The van der Waals surface area contributed by atoms with Crippen molar-refractivity contribution in [2.75, 3.05) is 0 Å². The van der Waals surface area contributed by atoms with E-state index in [9.17, 15) is 10.1 Å². The van der Waals surface area contributed by atoms with E-state index in [1.54, 1.807) is 12.3 Å². The number of hydrogen-bond donors (Lipinski definition) is 0. The minimum Gasteiger partial charge on any atom is -0.455 e. The van der Waals surface area contributed by atoms with Crippen LogP contribution >= 0.6 is 0 Å². The van der Waals surface area contributed by atoms with Crippen molar-refractivity contribution >= 4 is 17.6 Å². The largest absolute Gasteiger partial charge is 0.455 e. The molecule has 3 aromatic carbocycles. The second-order valence-corrected chi connectivity index (χ2v) is 4.99. The summed E-state index contributed by atoms with van der Waals surface area (Å²) < 4.78 is 5.80. The van der Waals surface area contributed by atoms with Crippen LogP contribution in [-0.2, 0) is 0 Å². The van der Waals surface area contributed by atoms with Crippen LogP contribution in [0.15, 0.2) is 83.9 Å². The molecular weight excluding hydrogens is 304 g/mol. The van der Waals surface area contributed by atoms with Crippen LogP contribution in [0, 0.1) is 10.1 Å². The second-order valence-electron chi connectivity index (χ2n) is 4.99. The van der Waals surface area contributed by atoms with E-state index in [1.165, 1.54) is 12.1 Å². The molecule has 0 fully saturated rings. The molecule has 0 bridgehead atoms. The maximum Gasteiger partial charge on any atom is 0.271 e. The Morgan fingerprint density at radius 3 is 2.25 bits per heavy atom. The first kappa shape index (κ1) is 15.4. The highest BCUT2D eigenvalue weighted by Gasteiger charge is 2.11. The van der Waals surface area contributed by atoms with Crippen LogP contribution < -0.4 is 4.74 Å². The number of para-hydroxylation sites is 1. The van der Waals surface area contributed by atoms with Gasteiger partial charge < -0.3 is 4.74 Å². The Bertz CT molecular complexity index is 862. The zero-order valence-corrected chi connectivity index (χ0v) is 12.7. The van der Waals surface area contributed by atoms with Crippen molar-refractivity contribution in [3.63, 3.8) is 0 Å². The average molecular weight is 318 g/mol. The van der Waals surface area contributed by atoms with Crippen molar-refractivity contribution < 1.29 is 9.66 Å². The van der Waals surface area contributed by atoms with Gasteiger partial charge in [0, 0.05) is 18.3 Å². The molecule has 5 heteroatoms. The predicted octanol–water partition coefficient (Wildman–Crippen LogP) is 5.14. The average Bonchev–Trinajstić information content (AvgIpc) is 2.62. The summed E-state index contributed by atoms with van der Waals surface area (Å²) in [6.07, 6.45) is 1.65. The molecule has 0 amide bonds. The molecule has 3 aromatic rings. The SMILES string of the molecule is O=[N+]([O-])c1ccc(Oc2ccccc2)c(N=Cc2ccccc2)c1. The van der Waals surface area contributed by atoms with E-state index < -0.39 is 4.92 Å². The summed E-state index contributed by atoms with van der Waals surface area (Å²) in [5.41, 5.74) is 1.27. The molecule has 0 spiro atoms. The summed E-state index contributed by atoms with van der Waals surface area (Å²) in [5.74, 6) is 1.10. The van der Waals surface area contributed by atoms with Crippen molar-refractivity contribution in [3.05, 3.63) is 94.5 Å². The first-order valence-corrected chi connectivity index (χ1v) is 7.33. The van der Waals surface area contributed by atoms with Gasteiger partial charge in [-0.2, -0.15) is 0 Å². The molecule has 0 unspecified atom stereocenters. The van der Waals surface area contributed by atoms with Gasteiger partial charge in [-0.05, 0) is 23.8 Å². The third-order valence-electron chi connectivity index (χ3n) is 3.28. The number of nitro benzene ring substituents is 1. The van der Waals surface area contributed by atoms with Gasteiger partial charge in [0.15, 0.2) is 5.75 Å². The molecule has 0 aliphatic carbocycles. The topological polar surface area (TPSA) is 64.7 Å². The highest BCUT2D eigenvalue weighted by molar-refractivity contribution is 5.83. The number of aliphatic imine (C=N–C) groups is 1. The van der Waals surface area contributed by atoms with Gasteiger partial charge in [-0.15, -0.1) is 0 Å². The van der Waals surface area contributed by atoms with Gasteiger partial charge in [-0.25, -0.2) is 0 Å². The maximum absolute atomic E-state index is 11.0. The summed E-state index contributed by atoms with van der Waals surface area (Å²) in [4.78, 5) is 14.9. The normalized spacial score (nSPS) is 10.7. The van der Waals surface area contributed by atoms with Gasteiger partial charge in [-0.3, -0.25) is 15.1 Å². The predicted molar refractivity (Wildman–Crippen MR) is 93.3 cm³/mol. The van der Waals surface area contributed by atoms with E-state index in [-0.39, 0.29) is 5.69 Å². The molecule has 0 N–H and O–H groups in total. The number of ether oxygens (including phenoxy) is 1. The highest BCUT2D eigenvalue weighted by atomic mass is 16.6. The number of nitro groups is 1. The lowest BCUT2D eigenvalue weighted by molar-refractivity contribution is -0.384. The van der Waals surface area contributed by atoms with Gasteiger partial charge in [0.1, 0.15) is 11.4 Å². The van der Waals surface area contributed by atoms with Crippen molar-refractivity contribution in [2.24, 2.45) is 4.99 Å². The van der Waals surface area contributed by atoms with Crippen molar-refractivity contribution in [3.8, 4) is 11.5 Å². The Kier molecular flexibility index (Phi) is 4.62. The van der Waals surface area contributed by atoms with E-state index >= 15 is 0 Å². The van der Waals surface area contributed by atoms with Gasteiger partial charge in [-0.1, -0.05) is 48.5 Å². The number of benzene rings is 3. The molecule has 5 nitrogen and oxygen atoms in total. The molecule has 0 saturated heterocycles. The van der Waals surface area contributed by atoms with Gasteiger partial charge >= 0.3 is 0 Å². The van der Waals surface area contributed by atoms with E-state index in [0.717, 1.165) is 5.56 Å². The lowest BCUT2D eigenvalue weighted by atomic mass is 10.2. The third kappa shape index (κ3) is 3.84. The van der Waals surface area contributed by atoms with Gasteiger partial charge in [0.2, 0.25) is 0 Å². The van der Waals surface area contributed by atoms with Gasteiger partial charge in [0.05, 0.1) is 4.92 Å². The number of non-ortho nitro benzene ring substituents is 1. The number of rotatable bonds is 5. The molecule has 0 atom stereocenters. The monoisotopic (exact) mass is 318 g/mol. The standard InChI is InChI=1S/C19H14N2O3/c22-21(23)16-11-12-19(24-17-9-5-2-6-10-17)18(13-16)20-14-15-7-3-1-4-8-15/h1-14H. The zero-order valence-electron chi connectivity index (χ0n) is 12.7. The first-order valence-electron chi connectivity index (χ1n) is 7.33. The van der Waals surface area contributed by atoms with Crippen molar-refractivity contribution in [2.45, 2.75) is 0 Å². The van der Waals surface area contributed by atoms with E-state index in [4.69, 9.17) is 4.74 Å². The van der Waals surface area contributed by atoms with Crippen LogP contribution in [0.25, 0.3) is 0 Å². The molecule has 0 saturated carbocycles. The van der Waals surface area contributed by atoms with Crippen LogP contribution in [0.5, 0.6) is 11.5 Å². The molecule has 0 heterocycles. The van der Waals surface area contributed by atoms with Crippen molar-refractivity contribution in [1.29, 1.82) is 0 Å². The molecule has 3 rings (SSSR count). The fourth-order valence-electron chi connectivity index (χ4n) is 2.11. The summed E-state index contributed by atoms with van der Waals surface area (Å²) in [6.45, 7) is 0. The van der Waals surface area contributed by atoms with Crippen LogP contribution in [0.4, 0.5) is 11.4 Å². The van der Waals surface area contributed by atoms with Crippen LogP contribution in [0.1, 0.15) is 5.56 Å². The Morgan fingerprint density at radius 1 is 0.917 bits per heavy atom. The fraction of sp³-hybridized carbons (Fsp3) is 0. The Morgan fingerprint density at radius 2 is 1.58 bits per heavy atom. The molecule has 24 heavy (non-hydrogen) atoms. The quantitative estimate of drug-likeness (QED) is 0.372. The van der Waals surface area contributed by atoms with Gasteiger partial charge in [0.25, 0.3) is 5.69 Å². The van der Waals surface area contributed by atoms with Crippen LogP contribution in [0.2, 0.25) is 0 Å². The highest BCUT2D eigenvalue weighted by Crippen LogP contribution is 2.34. The van der Waals surface area contributed by atoms with Crippen LogP contribution in [-0.4, -0.2) is 11.1 Å². The molecule has 0 aromatic heterocycles. The molecule has 0 aliphatic rings. The number of nitrogens with zero attached hydrogens (tertiary/aromatic N) is 2. The third-order valence-corrected chi connectivity index (χ3v) is 3.28. The fourth-order valence-corrected chi connectivity index (χ4v) is 2.11. The van der Waals surface area contributed by atoms with E-state index in [0.29, 0.717) is 17.2 Å². The lowest BCUT2D eigenvalue weighted by Gasteiger charge is -2.08. The summed E-state index contributed by atoms with van der Waals surface area (Å²) in [5, 5.41) is 11.0. The summed E-state index contributed by atoms with van der Waals surface area (Å²) >= 11 is 0. The lowest BCUT2D eigenvalue weighted by Crippen LogP contribution is -1.90. The number of hydrogen-bond acceptors (Lipinski definition) is 4. The Labute approximate surface area is 139 Å². The first-order chi connectivity index (χ1) is 11.7. The smallest absolute Gasteiger partial charge is 0.271 e. The Hall–Kier alpha value is -3.47. The minimum atomic E-state index is -0.451. The van der Waals surface area contributed by atoms with E-state index in [1.807, 2.05) is 60.7 Å². The van der Waals surface area contributed by atoms with Crippen LogP contribution in [0.3, 0.4) is 0 Å². The molecular formula is C19H14N2O3. The Balaban J connectivity index is 1.95. The van der Waals surface area contributed by atoms with E-state index in [2.05, 4.69) is 4.99 Å². The van der Waals surface area contributed by atoms with Crippen molar-refractivity contribution in [1.82, 2.24) is 0 Å². The molecule has 0 radical (unpaired) electrons. The summed E-state index contributed by atoms with van der Waals surface area (Å²) in [6, 6.07) is 23.1.